The van der Waals surface area contributed by atoms with Crippen LogP contribution in [0.1, 0.15) is 16.5 Å². The van der Waals surface area contributed by atoms with Gasteiger partial charge in [0.2, 0.25) is 0 Å². The number of thiophene rings is 1. The van der Waals surface area contributed by atoms with E-state index >= 15 is 0 Å². The van der Waals surface area contributed by atoms with Crippen molar-refractivity contribution < 1.29 is 5.11 Å². The van der Waals surface area contributed by atoms with Crippen LogP contribution in [0, 0.1) is 0 Å². The van der Waals surface area contributed by atoms with Gasteiger partial charge in [-0.15, -0.1) is 11.3 Å². The molecular weight excluding hydrogens is 218 g/mol. The third-order valence-corrected chi connectivity index (χ3v) is 3.82. The molecule has 3 aromatic rings. The van der Waals surface area contributed by atoms with E-state index in [4.69, 9.17) is 0 Å². The molecule has 1 unspecified atom stereocenters. The third-order valence-electron chi connectivity index (χ3n) is 2.65. The zero-order chi connectivity index (χ0) is 11.0. The predicted molar refractivity (Wildman–Crippen MR) is 66.7 cm³/mol. The number of rotatable bonds is 2. The van der Waals surface area contributed by atoms with Gasteiger partial charge < -0.3 is 10.1 Å². The van der Waals surface area contributed by atoms with Gasteiger partial charge in [-0.05, 0) is 23.6 Å². The average molecular weight is 229 g/mol. The lowest BCUT2D eigenvalue weighted by atomic mass is 10.1. The molecule has 0 aliphatic heterocycles. The van der Waals surface area contributed by atoms with E-state index in [1.807, 2.05) is 30.6 Å². The molecule has 16 heavy (non-hydrogen) atoms. The second kappa shape index (κ2) is 3.77. The molecule has 1 atom stereocenters. The lowest BCUT2D eigenvalue weighted by molar-refractivity contribution is 0.224. The minimum absolute atomic E-state index is 0.524. The van der Waals surface area contributed by atoms with Crippen LogP contribution < -0.4 is 0 Å². The number of aromatic nitrogens is 1. The van der Waals surface area contributed by atoms with Gasteiger partial charge in [0.25, 0.3) is 0 Å². The van der Waals surface area contributed by atoms with Gasteiger partial charge >= 0.3 is 0 Å². The zero-order valence-electron chi connectivity index (χ0n) is 8.55. The zero-order valence-corrected chi connectivity index (χ0v) is 9.37. The minimum atomic E-state index is -0.524. The first-order valence-electron chi connectivity index (χ1n) is 5.14. The SMILES string of the molecule is OC(c1cc[nH]c1)c1cc2ccccc2s1. The molecule has 2 N–H and O–H groups in total. The molecule has 2 aromatic heterocycles. The monoisotopic (exact) mass is 229 g/mol. The van der Waals surface area contributed by atoms with E-state index in [9.17, 15) is 5.11 Å². The van der Waals surface area contributed by atoms with Gasteiger partial charge in [0.15, 0.2) is 0 Å². The van der Waals surface area contributed by atoms with E-state index in [1.54, 1.807) is 11.3 Å². The van der Waals surface area contributed by atoms with Gasteiger partial charge in [-0.2, -0.15) is 0 Å². The van der Waals surface area contributed by atoms with Crippen LogP contribution in [0.15, 0.2) is 48.8 Å². The smallest absolute Gasteiger partial charge is 0.115 e. The number of aromatic amines is 1. The number of benzene rings is 1. The Kier molecular flexibility index (Phi) is 2.27. The van der Waals surface area contributed by atoms with Crippen LogP contribution in [0.2, 0.25) is 0 Å². The highest BCUT2D eigenvalue weighted by molar-refractivity contribution is 7.19. The van der Waals surface area contributed by atoms with Gasteiger partial charge in [-0.1, -0.05) is 18.2 Å². The molecule has 3 rings (SSSR count). The molecule has 1 aromatic carbocycles. The van der Waals surface area contributed by atoms with Crippen molar-refractivity contribution in [3.63, 3.8) is 0 Å². The fourth-order valence-corrected chi connectivity index (χ4v) is 2.89. The molecule has 0 aliphatic rings. The first-order valence-corrected chi connectivity index (χ1v) is 5.95. The Hall–Kier alpha value is -1.58. The first-order chi connectivity index (χ1) is 7.84. The Morgan fingerprint density at radius 1 is 1.19 bits per heavy atom. The molecule has 0 fully saturated rings. The number of fused-ring (bicyclic) bond motifs is 1. The van der Waals surface area contributed by atoms with Crippen LogP contribution in [0.25, 0.3) is 10.1 Å². The predicted octanol–water partition coefficient (Wildman–Crippen LogP) is 3.31. The summed E-state index contributed by atoms with van der Waals surface area (Å²) >= 11 is 1.64. The molecule has 2 heterocycles. The van der Waals surface area contributed by atoms with E-state index in [0.29, 0.717) is 0 Å². The van der Waals surface area contributed by atoms with Crippen LogP contribution in [-0.4, -0.2) is 10.1 Å². The van der Waals surface area contributed by atoms with E-state index in [1.165, 1.54) is 10.1 Å². The van der Waals surface area contributed by atoms with E-state index in [2.05, 4.69) is 23.2 Å². The summed E-state index contributed by atoms with van der Waals surface area (Å²) in [5, 5.41) is 11.4. The molecule has 0 spiro atoms. The molecule has 0 radical (unpaired) electrons. The lowest BCUT2D eigenvalue weighted by Gasteiger charge is -2.04. The van der Waals surface area contributed by atoms with Gasteiger partial charge in [-0.3, -0.25) is 0 Å². The highest BCUT2D eigenvalue weighted by Gasteiger charge is 2.13. The summed E-state index contributed by atoms with van der Waals surface area (Å²) in [5.41, 5.74) is 0.909. The Bertz CT molecular complexity index is 564. The summed E-state index contributed by atoms with van der Waals surface area (Å²) in [6.07, 6.45) is 3.13. The summed E-state index contributed by atoms with van der Waals surface area (Å²) < 4.78 is 1.21. The van der Waals surface area contributed by atoms with Crippen molar-refractivity contribution in [1.29, 1.82) is 0 Å². The molecule has 0 bridgehead atoms. The van der Waals surface area contributed by atoms with Gasteiger partial charge in [0.05, 0.1) is 0 Å². The van der Waals surface area contributed by atoms with Crippen molar-refractivity contribution in [2.24, 2.45) is 0 Å². The highest BCUT2D eigenvalue weighted by Crippen LogP contribution is 2.32. The number of hydrogen-bond donors (Lipinski definition) is 2. The van der Waals surface area contributed by atoms with Crippen molar-refractivity contribution in [2.75, 3.05) is 0 Å². The molecule has 0 saturated heterocycles. The maximum absolute atomic E-state index is 10.2. The van der Waals surface area contributed by atoms with E-state index in [-0.39, 0.29) is 0 Å². The number of aliphatic hydroxyl groups excluding tert-OH is 1. The van der Waals surface area contributed by atoms with E-state index in [0.717, 1.165) is 10.4 Å². The molecule has 3 heteroatoms. The normalized spacial score (nSPS) is 13.1. The van der Waals surface area contributed by atoms with Crippen LogP contribution >= 0.6 is 11.3 Å². The topological polar surface area (TPSA) is 36.0 Å². The lowest BCUT2D eigenvalue weighted by Crippen LogP contribution is -1.93. The third kappa shape index (κ3) is 1.54. The van der Waals surface area contributed by atoms with Crippen molar-refractivity contribution in [1.82, 2.24) is 4.98 Å². The number of hydrogen-bond acceptors (Lipinski definition) is 2. The van der Waals surface area contributed by atoms with Crippen LogP contribution in [-0.2, 0) is 0 Å². The molecule has 80 valence electrons. The fraction of sp³-hybridized carbons (Fsp3) is 0.0769. The molecular formula is C13H11NOS. The van der Waals surface area contributed by atoms with Crippen LogP contribution in [0.4, 0.5) is 0 Å². The molecule has 0 amide bonds. The van der Waals surface area contributed by atoms with E-state index < -0.39 is 6.10 Å². The summed E-state index contributed by atoms with van der Waals surface area (Å²) in [4.78, 5) is 3.95. The van der Waals surface area contributed by atoms with Crippen LogP contribution in [0.5, 0.6) is 0 Å². The Balaban J connectivity index is 2.06. The maximum atomic E-state index is 10.2. The highest BCUT2D eigenvalue weighted by atomic mass is 32.1. The maximum Gasteiger partial charge on any atom is 0.115 e. The first kappa shape index (κ1) is 9.63. The second-order valence-corrected chi connectivity index (χ2v) is 4.85. The Morgan fingerprint density at radius 2 is 2.06 bits per heavy atom. The van der Waals surface area contributed by atoms with Gasteiger partial charge in [0.1, 0.15) is 6.10 Å². The average Bonchev–Trinajstić information content (AvgIpc) is 2.97. The summed E-state index contributed by atoms with van der Waals surface area (Å²) in [7, 11) is 0. The Labute approximate surface area is 97.2 Å². The minimum Gasteiger partial charge on any atom is -0.383 e. The quantitative estimate of drug-likeness (QED) is 0.695. The summed E-state index contributed by atoms with van der Waals surface area (Å²) in [6, 6.07) is 12.1. The summed E-state index contributed by atoms with van der Waals surface area (Å²) in [5.74, 6) is 0. The summed E-state index contributed by atoms with van der Waals surface area (Å²) in [6.45, 7) is 0. The van der Waals surface area contributed by atoms with Crippen molar-refractivity contribution in [3.05, 3.63) is 59.2 Å². The second-order valence-electron chi connectivity index (χ2n) is 3.73. The number of nitrogens with one attached hydrogen (secondary N) is 1. The number of H-pyrrole nitrogens is 1. The molecule has 0 saturated carbocycles. The Morgan fingerprint density at radius 3 is 2.81 bits per heavy atom. The molecule has 2 nitrogen and oxygen atoms in total. The standard InChI is InChI=1S/C13H11NOS/c15-13(10-5-6-14-8-10)12-7-9-3-1-2-4-11(9)16-12/h1-8,13-15H. The van der Waals surface area contributed by atoms with Crippen molar-refractivity contribution >= 4 is 21.4 Å². The van der Waals surface area contributed by atoms with Gasteiger partial charge in [0, 0.05) is 27.5 Å². The van der Waals surface area contributed by atoms with Crippen molar-refractivity contribution in [3.8, 4) is 0 Å². The van der Waals surface area contributed by atoms with Crippen LogP contribution in [0.3, 0.4) is 0 Å². The largest absolute Gasteiger partial charge is 0.383 e. The van der Waals surface area contributed by atoms with Gasteiger partial charge in [-0.25, -0.2) is 0 Å². The fourth-order valence-electron chi connectivity index (χ4n) is 1.81. The molecule has 0 aliphatic carbocycles. The van der Waals surface area contributed by atoms with Crippen molar-refractivity contribution in [2.45, 2.75) is 6.10 Å². The number of aliphatic hydroxyl groups is 1.